The van der Waals surface area contributed by atoms with Crippen LogP contribution in [0.1, 0.15) is 76.6 Å². The number of carbonyl (C=O) groups excluding carboxylic acids is 1. The first-order valence-corrected chi connectivity index (χ1v) is 11.9. The summed E-state index contributed by atoms with van der Waals surface area (Å²) in [6.45, 7) is 2.06. The summed E-state index contributed by atoms with van der Waals surface area (Å²) in [6.07, 6.45) is 5.15. The molecule has 0 spiro atoms. The number of carbonyl (C=O) groups is 2. The lowest BCUT2D eigenvalue weighted by molar-refractivity contribution is -0.142. The van der Waals surface area contributed by atoms with Crippen LogP contribution in [0, 0.1) is 12.8 Å². The van der Waals surface area contributed by atoms with Crippen LogP contribution in [-0.4, -0.2) is 21.4 Å². The Bertz CT molecular complexity index is 1230. The van der Waals surface area contributed by atoms with Gasteiger partial charge in [0.2, 0.25) is 5.56 Å². The number of benzene rings is 2. The van der Waals surface area contributed by atoms with Crippen molar-refractivity contribution in [2.75, 3.05) is 0 Å². The smallest absolute Gasteiger partial charge is 0.306 e. The number of rotatable bonds is 7. The molecule has 1 aliphatic carbocycles. The van der Waals surface area contributed by atoms with Gasteiger partial charge in [-0.2, -0.15) is 0 Å². The van der Waals surface area contributed by atoms with Gasteiger partial charge in [0.05, 0.1) is 5.92 Å². The minimum atomic E-state index is -0.682. The molecule has 34 heavy (non-hydrogen) atoms. The molecule has 1 N–H and O–H groups in total. The molecular weight excluding hydrogens is 426 g/mol. The van der Waals surface area contributed by atoms with E-state index in [4.69, 9.17) is 0 Å². The number of hydrogen-bond acceptors (Lipinski definition) is 3. The van der Waals surface area contributed by atoms with Crippen molar-refractivity contribution in [2.45, 2.75) is 50.9 Å². The van der Waals surface area contributed by atoms with Gasteiger partial charge in [0, 0.05) is 37.2 Å². The number of aromatic nitrogens is 1. The molecule has 5 nitrogen and oxygen atoms in total. The lowest BCUT2D eigenvalue weighted by Crippen LogP contribution is -2.20. The molecule has 0 bridgehead atoms. The second-order valence-electron chi connectivity index (χ2n) is 9.46. The van der Waals surface area contributed by atoms with Crippen LogP contribution >= 0.6 is 0 Å². The molecule has 0 aliphatic heterocycles. The molecule has 1 heterocycles. The Kier molecular flexibility index (Phi) is 7.11. The predicted molar refractivity (Wildman–Crippen MR) is 132 cm³/mol. The molecule has 1 saturated carbocycles. The number of aryl methyl sites for hydroxylation is 2. The van der Waals surface area contributed by atoms with Crippen molar-refractivity contribution in [1.82, 2.24) is 4.57 Å². The third kappa shape index (κ3) is 5.19. The standard InChI is InChI=1S/C29H31NO4/c1-19-5-3-4-6-25(19)26(17-27(31)24-15-16-28(32)30(2)18-24)22-11-7-20(8-12-22)21-9-13-23(14-10-21)29(33)34/h3-8,11-12,15-16,18,21,23,26H,9-10,13-14,17H2,1-2H3,(H,33,34)/t21?,23?,26-/m0/s1. The van der Waals surface area contributed by atoms with Crippen LogP contribution in [0.2, 0.25) is 0 Å². The first kappa shape index (κ1) is 23.7. The Morgan fingerprint density at radius 3 is 2.26 bits per heavy atom. The van der Waals surface area contributed by atoms with Crippen LogP contribution in [0.4, 0.5) is 0 Å². The first-order valence-electron chi connectivity index (χ1n) is 11.9. The fourth-order valence-corrected chi connectivity index (χ4v) is 5.12. The number of carboxylic acid groups (broad SMARTS) is 1. The number of Topliss-reactive ketones (excluding diaryl/α,β-unsaturated/α-hetero) is 1. The summed E-state index contributed by atoms with van der Waals surface area (Å²) in [5.74, 6) is -0.612. The second kappa shape index (κ2) is 10.2. The summed E-state index contributed by atoms with van der Waals surface area (Å²) in [7, 11) is 1.65. The lowest BCUT2D eigenvalue weighted by Gasteiger charge is -2.27. The molecule has 1 aliphatic rings. The van der Waals surface area contributed by atoms with Crippen molar-refractivity contribution < 1.29 is 14.7 Å². The fraction of sp³-hybridized carbons (Fsp3) is 0.345. The highest BCUT2D eigenvalue weighted by molar-refractivity contribution is 5.96. The summed E-state index contributed by atoms with van der Waals surface area (Å²) in [6, 6.07) is 19.7. The summed E-state index contributed by atoms with van der Waals surface area (Å²) < 4.78 is 1.43. The molecular formula is C29H31NO4. The van der Waals surface area contributed by atoms with Gasteiger partial charge in [0.15, 0.2) is 5.78 Å². The molecule has 1 aromatic heterocycles. The van der Waals surface area contributed by atoms with Crippen LogP contribution in [0.5, 0.6) is 0 Å². The molecule has 1 fully saturated rings. The van der Waals surface area contributed by atoms with Crippen molar-refractivity contribution >= 4 is 11.8 Å². The van der Waals surface area contributed by atoms with Gasteiger partial charge in [-0.15, -0.1) is 0 Å². The molecule has 0 radical (unpaired) electrons. The molecule has 0 unspecified atom stereocenters. The van der Waals surface area contributed by atoms with E-state index < -0.39 is 5.97 Å². The number of nitrogens with zero attached hydrogens (tertiary/aromatic N) is 1. The predicted octanol–water partition coefficient (Wildman–Crippen LogP) is 5.46. The van der Waals surface area contributed by atoms with E-state index in [1.807, 2.05) is 12.1 Å². The van der Waals surface area contributed by atoms with Crippen molar-refractivity contribution in [3.8, 4) is 0 Å². The van der Waals surface area contributed by atoms with E-state index in [2.05, 4.69) is 43.3 Å². The van der Waals surface area contributed by atoms with E-state index in [1.165, 1.54) is 16.2 Å². The van der Waals surface area contributed by atoms with Gasteiger partial charge in [-0.25, -0.2) is 0 Å². The van der Waals surface area contributed by atoms with Gasteiger partial charge < -0.3 is 9.67 Å². The monoisotopic (exact) mass is 457 g/mol. The van der Waals surface area contributed by atoms with Crippen LogP contribution in [-0.2, 0) is 11.8 Å². The summed E-state index contributed by atoms with van der Waals surface area (Å²) in [5, 5.41) is 9.26. The first-order chi connectivity index (χ1) is 16.3. The maximum absolute atomic E-state index is 13.2. The molecule has 0 saturated heterocycles. The third-order valence-corrected chi connectivity index (χ3v) is 7.25. The Morgan fingerprint density at radius 1 is 0.971 bits per heavy atom. The van der Waals surface area contributed by atoms with Crippen LogP contribution in [0.3, 0.4) is 0 Å². The largest absolute Gasteiger partial charge is 0.481 e. The highest BCUT2D eigenvalue weighted by Gasteiger charge is 2.27. The SMILES string of the molecule is Cc1ccccc1[C@@H](CC(=O)c1ccc(=O)n(C)c1)c1ccc(C2CCC(C(=O)O)CC2)cc1. The Balaban J connectivity index is 1.59. The third-order valence-electron chi connectivity index (χ3n) is 7.25. The summed E-state index contributed by atoms with van der Waals surface area (Å²) >= 11 is 0. The fourth-order valence-electron chi connectivity index (χ4n) is 5.12. The zero-order valence-electron chi connectivity index (χ0n) is 19.7. The highest BCUT2D eigenvalue weighted by atomic mass is 16.4. The van der Waals surface area contributed by atoms with E-state index in [1.54, 1.807) is 19.3 Å². The second-order valence-corrected chi connectivity index (χ2v) is 9.46. The van der Waals surface area contributed by atoms with Gasteiger partial charge >= 0.3 is 5.97 Å². The van der Waals surface area contributed by atoms with E-state index in [-0.39, 0.29) is 23.2 Å². The Hall–Kier alpha value is -3.47. The van der Waals surface area contributed by atoms with Crippen molar-refractivity contribution in [3.05, 3.63) is 105 Å². The van der Waals surface area contributed by atoms with E-state index in [9.17, 15) is 19.5 Å². The van der Waals surface area contributed by atoms with Crippen LogP contribution < -0.4 is 5.56 Å². The topological polar surface area (TPSA) is 76.4 Å². The van der Waals surface area contributed by atoms with Crippen molar-refractivity contribution in [1.29, 1.82) is 0 Å². The van der Waals surface area contributed by atoms with Gasteiger partial charge in [-0.05, 0) is 66.8 Å². The number of aliphatic carboxylic acids is 1. The normalized spacial score (nSPS) is 18.9. The molecule has 5 heteroatoms. The van der Waals surface area contributed by atoms with Gasteiger partial charge in [-0.1, -0.05) is 48.5 Å². The Labute approximate surface area is 200 Å². The molecule has 0 amide bonds. The number of ketones is 1. The molecule has 4 rings (SSSR count). The lowest BCUT2D eigenvalue weighted by atomic mass is 9.78. The number of carboxylic acids is 1. The highest BCUT2D eigenvalue weighted by Crippen LogP contribution is 2.37. The Morgan fingerprint density at radius 2 is 1.65 bits per heavy atom. The van der Waals surface area contributed by atoms with Crippen LogP contribution in [0.15, 0.2) is 71.7 Å². The average Bonchev–Trinajstić information content (AvgIpc) is 2.85. The molecule has 1 atom stereocenters. The molecule has 2 aromatic carbocycles. The maximum atomic E-state index is 13.2. The van der Waals surface area contributed by atoms with E-state index in [0.29, 0.717) is 17.9 Å². The average molecular weight is 458 g/mol. The minimum absolute atomic E-state index is 0.0000717. The van der Waals surface area contributed by atoms with Gasteiger partial charge in [0.1, 0.15) is 0 Å². The van der Waals surface area contributed by atoms with Crippen molar-refractivity contribution in [2.24, 2.45) is 13.0 Å². The molecule has 3 aromatic rings. The van der Waals surface area contributed by atoms with Crippen LogP contribution in [0.25, 0.3) is 0 Å². The number of pyridine rings is 1. The quantitative estimate of drug-likeness (QED) is 0.478. The van der Waals surface area contributed by atoms with Gasteiger partial charge in [-0.3, -0.25) is 14.4 Å². The van der Waals surface area contributed by atoms with Crippen molar-refractivity contribution in [3.63, 3.8) is 0 Å². The number of hydrogen-bond donors (Lipinski definition) is 1. The summed E-state index contributed by atoms with van der Waals surface area (Å²) in [4.78, 5) is 36.2. The van der Waals surface area contributed by atoms with E-state index >= 15 is 0 Å². The zero-order chi connectivity index (χ0) is 24.2. The molecule has 176 valence electrons. The zero-order valence-corrected chi connectivity index (χ0v) is 19.7. The van der Waals surface area contributed by atoms with Gasteiger partial charge in [0.25, 0.3) is 0 Å². The maximum Gasteiger partial charge on any atom is 0.306 e. The summed E-state index contributed by atoms with van der Waals surface area (Å²) in [5.41, 5.74) is 4.97. The minimum Gasteiger partial charge on any atom is -0.481 e. The van der Waals surface area contributed by atoms with E-state index in [0.717, 1.165) is 42.4 Å².